The SMILES string of the molecule is CC(NCc1cccc2c1OCCO2)C1CCC1. The quantitative estimate of drug-likeness (QED) is 0.887. The van der Waals surface area contributed by atoms with Crippen molar-refractivity contribution in [1.82, 2.24) is 5.32 Å². The summed E-state index contributed by atoms with van der Waals surface area (Å²) >= 11 is 0. The summed E-state index contributed by atoms with van der Waals surface area (Å²) in [6.07, 6.45) is 4.15. The fourth-order valence-electron chi connectivity index (χ4n) is 2.65. The average Bonchev–Trinajstić information content (AvgIpc) is 2.34. The molecule has 2 aliphatic rings. The lowest BCUT2D eigenvalue weighted by atomic mass is 9.80. The van der Waals surface area contributed by atoms with Gasteiger partial charge in [0.2, 0.25) is 0 Å². The molecule has 1 aliphatic heterocycles. The van der Waals surface area contributed by atoms with Crippen LogP contribution in [-0.2, 0) is 6.54 Å². The van der Waals surface area contributed by atoms with Crippen LogP contribution in [0.4, 0.5) is 0 Å². The van der Waals surface area contributed by atoms with Gasteiger partial charge in [0.1, 0.15) is 13.2 Å². The number of fused-ring (bicyclic) bond motifs is 1. The molecule has 1 aromatic rings. The summed E-state index contributed by atoms with van der Waals surface area (Å²) in [5.41, 5.74) is 1.21. The van der Waals surface area contributed by atoms with Gasteiger partial charge in [-0.05, 0) is 31.7 Å². The van der Waals surface area contributed by atoms with Crippen LogP contribution in [0.1, 0.15) is 31.7 Å². The van der Waals surface area contributed by atoms with Gasteiger partial charge in [0.15, 0.2) is 11.5 Å². The summed E-state index contributed by atoms with van der Waals surface area (Å²) in [7, 11) is 0. The number of benzene rings is 1. The van der Waals surface area contributed by atoms with Gasteiger partial charge in [-0.25, -0.2) is 0 Å². The van der Waals surface area contributed by atoms with Crippen molar-refractivity contribution in [3.05, 3.63) is 23.8 Å². The van der Waals surface area contributed by atoms with Gasteiger partial charge in [-0.2, -0.15) is 0 Å². The molecule has 1 unspecified atom stereocenters. The third kappa shape index (κ3) is 2.32. The summed E-state index contributed by atoms with van der Waals surface area (Å²) in [6.45, 7) is 4.46. The molecule has 3 rings (SSSR count). The Hall–Kier alpha value is -1.22. The van der Waals surface area contributed by atoms with Crippen molar-refractivity contribution < 1.29 is 9.47 Å². The normalized spacial score (nSPS) is 20.3. The second-order valence-electron chi connectivity index (χ2n) is 5.30. The monoisotopic (exact) mass is 247 g/mol. The maximum atomic E-state index is 5.72. The van der Waals surface area contributed by atoms with Crippen LogP contribution in [0, 0.1) is 5.92 Å². The number of hydrogen-bond acceptors (Lipinski definition) is 3. The summed E-state index contributed by atoms with van der Waals surface area (Å²) in [4.78, 5) is 0. The molecule has 0 radical (unpaired) electrons. The zero-order chi connectivity index (χ0) is 12.4. The van der Waals surface area contributed by atoms with Crippen molar-refractivity contribution in [3.63, 3.8) is 0 Å². The first-order valence-electron chi connectivity index (χ1n) is 6.95. The van der Waals surface area contributed by atoms with E-state index in [9.17, 15) is 0 Å². The molecule has 18 heavy (non-hydrogen) atoms. The lowest BCUT2D eigenvalue weighted by Crippen LogP contribution is -2.36. The second-order valence-corrected chi connectivity index (χ2v) is 5.30. The predicted molar refractivity (Wildman–Crippen MR) is 71.1 cm³/mol. The molecule has 1 N–H and O–H groups in total. The molecule has 1 aliphatic carbocycles. The molecule has 1 saturated carbocycles. The van der Waals surface area contributed by atoms with Gasteiger partial charge in [-0.3, -0.25) is 0 Å². The van der Waals surface area contributed by atoms with Gasteiger partial charge in [0.05, 0.1) is 0 Å². The van der Waals surface area contributed by atoms with Crippen LogP contribution in [0.5, 0.6) is 11.5 Å². The largest absolute Gasteiger partial charge is 0.486 e. The highest BCUT2D eigenvalue weighted by atomic mass is 16.6. The molecule has 0 aromatic heterocycles. The minimum Gasteiger partial charge on any atom is -0.486 e. The van der Waals surface area contributed by atoms with Crippen LogP contribution in [-0.4, -0.2) is 19.3 Å². The van der Waals surface area contributed by atoms with E-state index in [0.717, 1.165) is 24.0 Å². The molecule has 0 bridgehead atoms. The molecular weight excluding hydrogens is 226 g/mol. The standard InChI is InChI=1S/C15H21NO2/c1-11(12-4-2-5-12)16-10-13-6-3-7-14-15(13)18-9-8-17-14/h3,6-7,11-12,16H,2,4-5,8-10H2,1H3. The number of hydrogen-bond donors (Lipinski definition) is 1. The van der Waals surface area contributed by atoms with Crippen molar-refractivity contribution >= 4 is 0 Å². The molecule has 1 atom stereocenters. The Bertz CT molecular complexity index is 415. The fraction of sp³-hybridized carbons (Fsp3) is 0.600. The highest BCUT2D eigenvalue weighted by Gasteiger charge is 2.24. The lowest BCUT2D eigenvalue weighted by Gasteiger charge is -2.32. The topological polar surface area (TPSA) is 30.5 Å². The minimum atomic E-state index is 0.596. The minimum absolute atomic E-state index is 0.596. The van der Waals surface area contributed by atoms with E-state index in [0.29, 0.717) is 19.3 Å². The summed E-state index contributed by atoms with van der Waals surface area (Å²) < 4.78 is 11.3. The zero-order valence-corrected chi connectivity index (χ0v) is 10.9. The van der Waals surface area contributed by atoms with Gasteiger partial charge in [0, 0.05) is 18.2 Å². The lowest BCUT2D eigenvalue weighted by molar-refractivity contribution is 0.169. The molecular formula is C15H21NO2. The summed E-state index contributed by atoms with van der Waals surface area (Å²) in [5.74, 6) is 2.68. The number of rotatable bonds is 4. The fourth-order valence-corrected chi connectivity index (χ4v) is 2.65. The van der Waals surface area contributed by atoms with Gasteiger partial charge in [-0.1, -0.05) is 18.6 Å². The van der Waals surface area contributed by atoms with Gasteiger partial charge in [0.25, 0.3) is 0 Å². The van der Waals surface area contributed by atoms with E-state index in [1.165, 1.54) is 24.8 Å². The van der Waals surface area contributed by atoms with Crippen LogP contribution in [0.15, 0.2) is 18.2 Å². The third-order valence-electron chi connectivity index (χ3n) is 4.12. The molecule has 98 valence electrons. The third-order valence-corrected chi connectivity index (χ3v) is 4.12. The van der Waals surface area contributed by atoms with E-state index in [1.54, 1.807) is 0 Å². The maximum absolute atomic E-state index is 5.72. The van der Waals surface area contributed by atoms with Crippen molar-refractivity contribution in [2.75, 3.05) is 13.2 Å². The van der Waals surface area contributed by atoms with Gasteiger partial charge in [-0.15, -0.1) is 0 Å². The first-order valence-corrected chi connectivity index (χ1v) is 6.95. The number of ether oxygens (including phenoxy) is 2. The molecule has 0 amide bonds. The van der Waals surface area contributed by atoms with E-state index in [2.05, 4.69) is 18.3 Å². The molecule has 1 fully saturated rings. The molecule has 1 aromatic carbocycles. The van der Waals surface area contributed by atoms with Crippen LogP contribution < -0.4 is 14.8 Å². The molecule has 0 spiro atoms. The van der Waals surface area contributed by atoms with Crippen molar-refractivity contribution in [3.8, 4) is 11.5 Å². The van der Waals surface area contributed by atoms with Crippen molar-refractivity contribution in [2.45, 2.75) is 38.8 Å². The van der Waals surface area contributed by atoms with Crippen LogP contribution >= 0.6 is 0 Å². The Morgan fingerprint density at radius 2 is 2.11 bits per heavy atom. The Labute approximate surface area is 108 Å². The van der Waals surface area contributed by atoms with Gasteiger partial charge >= 0.3 is 0 Å². The number of para-hydroxylation sites is 1. The predicted octanol–water partition coefficient (Wildman–Crippen LogP) is 2.74. The van der Waals surface area contributed by atoms with E-state index in [4.69, 9.17) is 9.47 Å². The van der Waals surface area contributed by atoms with E-state index < -0.39 is 0 Å². The molecule has 3 heteroatoms. The Kier molecular flexibility index (Phi) is 3.41. The highest BCUT2D eigenvalue weighted by Crippen LogP contribution is 2.34. The first kappa shape index (κ1) is 11.8. The summed E-state index contributed by atoms with van der Waals surface area (Å²) in [6, 6.07) is 6.74. The second kappa shape index (κ2) is 5.19. The smallest absolute Gasteiger partial charge is 0.165 e. The van der Waals surface area contributed by atoms with Crippen LogP contribution in [0.25, 0.3) is 0 Å². The number of nitrogens with one attached hydrogen (secondary N) is 1. The van der Waals surface area contributed by atoms with Crippen LogP contribution in [0.2, 0.25) is 0 Å². The zero-order valence-electron chi connectivity index (χ0n) is 10.9. The summed E-state index contributed by atoms with van der Waals surface area (Å²) in [5, 5.41) is 3.62. The van der Waals surface area contributed by atoms with Gasteiger partial charge < -0.3 is 14.8 Å². The average molecular weight is 247 g/mol. The van der Waals surface area contributed by atoms with E-state index in [1.807, 2.05) is 12.1 Å². The molecule has 3 nitrogen and oxygen atoms in total. The Balaban J connectivity index is 1.65. The van der Waals surface area contributed by atoms with E-state index >= 15 is 0 Å². The van der Waals surface area contributed by atoms with Crippen LogP contribution in [0.3, 0.4) is 0 Å². The Morgan fingerprint density at radius 3 is 2.89 bits per heavy atom. The maximum Gasteiger partial charge on any atom is 0.165 e. The van der Waals surface area contributed by atoms with Crippen molar-refractivity contribution in [1.29, 1.82) is 0 Å². The van der Waals surface area contributed by atoms with E-state index in [-0.39, 0.29) is 0 Å². The molecule has 0 saturated heterocycles. The first-order chi connectivity index (χ1) is 8.84. The highest BCUT2D eigenvalue weighted by molar-refractivity contribution is 5.47. The Morgan fingerprint density at radius 1 is 1.28 bits per heavy atom. The molecule has 1 heterocycles. The van der Waals surface area contributed by atoms with Crippen molar-refractivity contribution in [2.24, 2.45) is 5.92 Å².